The van der Waals surface area contributed by atoms with E-state index in [1.165, 1.54) is 12.1 Å². The molecule has 0 saturated heterocycles. The van der Waals surface area contributed by atoms with Crippen molar-refractivity contribution in [2.45, 2.75) is 0 Å². The second-order valence-corrected chi connectivity index (χ2v) is 5.85. The summed E-state index contributed by atoms with van der Waals surface area (Å²) in [6.07, 6.45) is 0. The van der Waals surface area contributed by atoms with Crippen LogP contribution >= 0.6 is 47.6 Å². The van der Waals surface area contributed by atoms with Gasteiger partial charge in [-0.3, -0.25) is 4.90 Å². The van der Waals surface area contributed by atoms with E-state index >= 15 is 0 Å². The van der Waals surface area contributed by atoms with Crippen molar-refractivity contribution in [1.29, 1.82) is 0 Å². The Morgan fingerprint density at radius 3 is 2.36 bits per heavy atom. The van der Waals surface area contributed by atoms with E-state index in [4.69, 9.17) is 53.4 Å². The minimum absolute atomic E-state index is 0.117. The number of halogens is 4. The lowest BCUT2D eigenvalue weighted by Gasteiger charge is -2.25. The summed E-state index contributed by atoms with van der Waals surface area (Å²) in [5.74, 6) is -1.34. The Hall–Kier alpha value is -1.34. The number of thiocarbonyl (C=S) groups is 2. The Balaban J connectivity index is 2.57. The van der Waals surface area contributed by atoms with Crippen molar-refractivity contribution in [2.75, 3.05) is 4.90 Å². The van der Waals surface area contributed by atoms with Crippen molar-refractivity contribution in [3.8, 4) is 0 Å². The average Bonchev–Trinajstić information content (AvgIpc) is 2.45. The second kappa shape index (κ2) is 6.83. The van der Waals surface area contributed by atoms with Gasteiger partial charge in [-0.25, -0.2) is 8.78 Å². The Bertz CT molecular complexity index is 769. The van der Waals surface area contributed by atoms with Gasteiger partial charge in [0.05, 0.1) is 10.7 Å². The fraction of sp³-hybridized carbons (Fsp3) is 0. The van der Waals surface area contributed by atoms with E-state index in [0.717, 1.165) is 23.1 Å². The van der Waals surface area contributed by atoms with Crippen LogP contribution in [0.2, 0.25) is 10.0 Å². The van der Waals surface area contributed by atoms with E-state index in [2.05, 4.69) is 0 Å². The van der Waals surface area contributed by atoms with Crippen LogP contribution in [0.15, 0.2) is 36.4 Å². The lowest BCUT2D eigenvalue weighted by molar-refractivity contribution is 0.598. The predicted octanol–water partition coefficient (Wildman–Crippen LogP) is 4.70. The number of hydrogen-bond donors (Lipinski definition) is 1. The van der Waals surface area contributed by atoms with Crippen LogP contribution in [-0.2, 0) is 0 Å². The maximum atomic E-state index is 13.9. The average molecular weight is 377 g/mol. The minimum Gasteiger partial charge on any atom is -0.376 e. The van der Waals surface area contributed by atoms with Crippen LogP contribution in [0.25, 0.3) is 0 Å². The third-order valence-electron chi connectivity index (χ3n) is 2.73. The molecule has 2 rings (SSSR count). The molecule has 114 valence electrons. The van der Waals surface area contributed by atoms with E-state index < -0.39 is 11.6 Å². The number of nitrogens with two attached hydrogens (primary N) is 1. The van der Waals surface area contributed by atoms with Crippen molar-refractivity contribution in [3.05, 3.63) is 63.6 Å². The van der Waals surface area contributed by atoms with Crippen molar-refractivity contribution in [2.24, 2.45) is 5.73 Å². The summed E-state index contributed by atoms with van der Waals surface area (Å²) in [7, 11) is 0. The topological polar surface area (TPSA) is 29.3 Å². The fourth-order valence-corrected chi connectivity index (χ4v) is 2.74. The summed E-state index contributed by atoms with van der Waals surface area (Å²) in [5.41, 5.74) is 5.80. The van der Waals surface area contributed by atoms with Crippen molar-refractivity contribution in [3.63, 3.8) is 0 Å². The predicted molar refractivity (Wildman–Crippen MR) is 93.8 cm³/mol. The van der Waals surface area contributed by atoms with Gasteiger partial charge in [0, 0.05) is 10.6 Å². The van der Waals surface area contributed by atoms with Crippen molar-refractivity contribution in [1.82, 2.24) is 0 Å². The third kappa shape index (κ3) is 3.52. The first kappa shape index (κ1) is 17.0. The molecule has 0 atom stereocenters. The Labute approximate surface area is 146 Å². The molecular formula is C14H8Cl2F2N2S2. The molecule has 2 nitrogen and oxygen atoms in total. The van der Waals surface area contributed by atoms with Crippen LogP contribution in [0.5, 0.6) is 0 Å². The molecule has 0 amide bonds. The van der Waals surface area contributed by atoms with Gasteiger partial charge in [0.1, 0.15) is 16.6 Å². The molecule has 0 aliphatic rings. The maximum Gasteiger partial charge on any atom is 0.176 e. The number of nitrogens with zero attached hydrogens (tertiary/aromatic N) is 1. The lowest BCUT2D eigenvalue weighted by atomic mass is 10.1. The van der Waals surface area contributed by atoms with E-state index in [1.54, 1.807) is 6.07 Å². The largest absolute Gasteiger partial charge is 0.376 e. The quantitative estimate of drug-likeness (QED) is 0.769. The summed E-state index contributed by atoms with van der Waals surface area (Å²) in [6, 6.07) is 7.48. The number of hydrogen-bond acceptors (Lipinski definition) is 2. The summed E-state index contributed by atoms with van der Waals surface area (Å²) < 4.78 is 27.3. The monoisotopic (exact) mass is 376 g/mol. The molecular weight excluding hydrogens is 369 g/mol. The van der Waals surface area contributed by atoms with Crippen molar-refractivity contribution < 1.29 is 8.78 Å². The zero-order chi connectivity index (χ0) is 16.4. The van der Waals surface area contributed by atoms with Gasteiger partial charge >= 0.3 is 0 Å². The van der Waals surface area contributed by atoms with E-state index in [9.17, 15) is 8.78 Å². The molecule has 0 aliphatic heterocycles. The molecule has 8 heteroatoms. The molecule has 2 aromatic rings. The first-order valence-electron chi connectivity index (χ1n) is 5.85. The minimum atomic E-state index is -0.703. The highest BCUT2D eigenvalue weighted by Gasteiger charge is 2.22. The van der Waals surface area contributed by atoms with Crippen LogP contribution < -0.4 is 10.6 Å². The van der Waals surface area contributed by atoms with E-state index in [-0.39, 0.29) is 26.4 Å². The standard InChI is InChI=1S/C14H8Cl2F2N2S2/c15-7-1-3-10(16)12(5-7)20(14(19)22)13(21)9-6-8(17)2-4-11(9)18/h1-6H,(H2,19,22). The zero-order valence-corrected chi connectivity index (χ0v) is 14.0. The van der Waals surface area contributed by atoms with Gasteiger partial charge in [0.25, 0.3) is 0 Å². The Morgan fingerprint density at radius 2 is 1.73 bits per heavy atom. The highest BCUT2D eigenvalue weighted by Crippen LogP contribution is 2.31. The van der Waals surface area contributed by atoms with E-state index in [1.807, 2.05) is 0 Å². The molecule has 0 radical (unpaired) electrons. The number of rotatable bonds is 2. The van der Waals surface area contributed by atoms with Gasteiger partial charge in [0.15, 0.2) is 5.11 Å². The SMILES string of the molecule is NC(=S)N(C(=S)c1cc(F)ccc1F)c1cc(Cl)ccc1Cl. The van der Waals surface area contributed by atoms with Gasteiger partial charge in [-0.1, -0.05) is 35.4 Å². The molecule has 0 aromatic heterocycles. The van der Waals surface area contributed by atoms with E-state index in [0.29, 0.717) is 5.02 Å². The first-order chi connectivity index (χ1) is 10.3. The molecule has 0 heterocycles. The highest BCUT2D eigenvalue weighted by atomic mass is 35.5. The fourth-order valence-electron chi connectivity index (χ4n) is 1.77. The first-order valence-corrected chi connectivity index (χ1v) is 7.42. The summed E-state index contributed by atoms with van der Waals surface area (Å²) in [4.78, 5) is 1.05. The zero-order valence-electron chi connectivity index (χ0n) is 10.8. The van der Waals surface area contributed by atoms with Crippen molar-refractivity contribution >= 4 is 63.4 Å². The van der Waals surface area contributed by atoms with Gasteiger partial charge in [-0.15, -0.1) is 0 Å². The van der Waals surface area contributed by atoms with Gasteiger partial charge in [-0.05, 0) is 48.6 Å². The van der Waals surface area contributed by atoms with Gasteiger partial charge < -0.3 is 5.73 Å². The second-order valence-electron chi connectivity index (χ2n) is 4.20. The molecule has 22 heavy (non-hydrogen) atoms. The normalized spacial score (nSPS) is 10.4. The maximum absolute atomic E-state index is 13.9. The Kier molecular flexibility index (Phi) is 5.28. The molecule has 0 bridgehead atoms. The van der Waals surface area contributed by atoms with Gasteiger partial charge in [0.2, 0.25) is 0 Å². The smallest absolute Gasteiger partial charge is 0.176 e. The third-order valence-corrected chi connectivity index (χ3v) is 3.87. The van der Waals surface area contributed by atoms with Crippen LogP contribution in [0.1, 0.15) is 5.56 Å². The molecule has 0 fully saturated rings. The van der Waals surface area contributed by atoms with Crippen LogP contribution in [-0.4, -0.2) is 10.1 Å². The van der Waals surface area contributed by atoms with Gasteiger partial charge in [-0.2, -0.15) is 0 Å². The molecule has 0 spiro atoms. The van der Waals surface area contributed by atoms with Crippen LogP contribution in [0, 0.1) is 11.6 Å². The molecule has 2 aromatic carbocycles. The van der Waals surface area contributed by atoms with Crippen LogP contribution in [0.4, 0.5) is 14.5 Å². The Morgan fingerprint density at radius 1 is 1.05 bits per heavy atom. The lowest BCUT2D eigenvalue weighted by Crippen LogP contribution is -2.40. The highest BCUT2D eigenvalue weighted by molar-refractivity contribution is 7.82. The van der Waals surface area contributed by atoms with Crippen LogP contribution in [0.3, 0.4) is 0 Å². The molecule has 2 N–H and O–H groups in total. The summed E-state index contributed by atoms with van der Waals surface area (Å²) >= 11 is 22.2. The number of anilines is 1. The molecule has 0 aliphatic carbocycles. The number of benzene rings is 2. The molecule has 0 unspecified atom stereocenters. The molecule has 0 saturated carbocycles. The summed E-state index contributed by atoms with van der Waals surface area (Å²) in [5, 5.41) is 0.456. The summed E-state index contributed by atoms with van der Waals surface area (Å²) in [6.45, 7) is 0.